The summed E-state index contributed by atoms with van der Waals surface area (Å²) in [7, 11) is 1.63. The molecule has 1 aromatic carbocycles. The average Bonchev–Trinajstić information content (AvgIpc) is 3.01. The molecule has 1 atom stereocenters. The van der Waals surface area contributed by atoms with Gasteiger partial charge in [0.25, 0.3) is 0 Å². The molecule has 2 aliphatic heterocycles. The maximum atomic E-state index is 12.6. The second-order valence-corrected chi connectivity index (χ2v) is 5.22. The van der Waals surface area contributed by atoms with Gasteiger partial charge in [-0.15, -0.1) is 0 Å². The van der Waals surface area contributed by atoms with Gasteiger partial charge in [0.2, 0.25) is 5.91 Å². The molecule has 0 saturated heterocycles. The zero-order valence-corrected chi connectivity index (χ0v) is 12.2. The van der Waals surface area contributed by atoms with E-state index < -0.39 is 0 Å². The van der Waals surface area contributed by atoms with Crippen molar-refractivity contribution in [3.63, 3.8) is 0 Å². The van der Waals surface area contributed by atoms with Crippen LogP contribution >= 0.6 is 0 Å². The number of benzene rings is 1. The van der Waals surface area contributed by atoms with Crippen LogP contribution in [0.25, 0.3) is 0 Å². The minimum atomic E-state index is -0.195. The van der Waals surface area contributed by atoms with Gasteiger partial charge in [0, 0.05) is 25.2 Å². The topological polar surface area (TPSA) is 50.8 Å². The number of ether oxygens (including phenoxy) is 2. The monoisotopic (exact) mass is 288 g/mol. The molecular weight excluding hydrogens is 268 g/mol. The summed E-state index contributed by atoms with van der Waals surface area (Å²) in [6.07, 6.45) is 4.75. The third kappa shape index (κ3) is 2.88. The number of rotatable bonds is 2. The molecule has 2 aliphatic rings. The van der Waals surface area contributed by atoms with Crippen molar-refractivity contribution in [1.29, 1.82) is 0 Å². The van der Waals surface area contributed by atoms with Gasteiger partial charge < -0.3 is 14.4 Å². The molecule has 2 heterocycles. The molecular formula is C16H20N2O3. The van der Waals surface area contributed by atoms with Crippen LogP contribution in [-0.2, 0) is 11.3 Å². The van der Waals surface area contributed by atoms with Crippen LogP contribution in [0.4, 0.5) is 0 Å². The third-order valence-electron chi connectivity index (χ3n) is 3.82. The Hall–Kier alpha value is -2.01. The Bertz CT molecular complexity index is 556. The van der Waals surface area contributed by atoms with Gasteiger partial charge in [-0.1, -0.05) is 24.3 Å². The van der Waals surface area contributed by atoms with E-state index in [1.54, 1.807) is 7.11 Å². The van der Waals surface area contributed by atoms with Gasteiger partial charge in [-0.3, -0.25) is 10.1 Å². The molecule has 1 N–H and O–H groups in total. The van der Waals surface area contributed by atoms with Crippen molar-refractivity contribution >= 4 is 5.91 Å². The Labute approximate surface area is 124 Å². The number of carbonyl (C=O) groups excluding carboxylic acids is 1. The minimum absolute atomic E-state index is 0.124. The van der Waals surface area contributed by atoms with Crippen molar-refractivity contribution < 1.29 is 14.3 Å². The van der Waals surface area contributed by atoms with E-state index in [0.717, 1.165) is 30.0 Å². The van der Waals surface area contributed by atoms with Crippen LogP contribution in [0.5, 0.6) is 11.5 Å². The predicted octanol–water partition coefficient (Wildman–Crippen LogP) is 1.33. The van der Waals surface area contributed by atoms with E-state index in [0.29, 0.717) is 19.7 Å². The van der Waals surface area contributed by atoms with Crippen molar-refractivity contribution in [3.05, 3.63) is 35.9 Å². The molecule has 0 saturated carbocycles. The molecule has 0 aliphatic carbocycles. The van der Waals surface area contributed by atoms with Gasteiger partial charge >= 0.3 is 0 Å². The molecule has 1 aromatic rings. The lowest BCUT2D eigenvalue weighted by molar-refractivity contribution is -0.133. The van der Waals surface area contributed by atoms with Crippen molar-refractivity contribution in [3.8, 4) is 11.5 Å². The number of nitrogens with zero attached hydrogens (tertiary/aromatic N) is 1. The summed E-state index contributed by atoms with van der Waals surface area (Å²) < 4.78 is 11.2. The summed E-state index contributed by atoms with van der Waals surface area (Å²) in [5.74, 6) is 1.60. The third-order valence-corrected chi connectivity index (χ3v) is 3.82. The molecule has 5 heteroatoms. The SMILES string of the molecule is COc1cccc2c1OCCCN(C(=O)[C@@H]1C=CCN1)C2. The molecule has 0 spiro atoms. The minimum Gasteiger partial charge on any atom is -0.493 e. The van der Waals surface area contributed by atoms with Gasteiger partial charge in [0.05, 0.1) is 13.7 Å². The van der Waals surface area contributed by atoms with E-state index in [4.69, 9.17) is 9.47 Å². The number of amides is 1. The maximum absolute atomic E-state index is 12.6. The van der Waals surface area contributed by atoms with E-state index in [1.165, 1.54) is 0 Å². The van der Waals surface area contributed by atoms with Gasteiger partial charge in [-0.2, -0.15) is 0 Å². The standard InChI is InChI=1S/C16H20N2O3/c1-20-14-7-2-5-12-11-18(9-4-10-21-15(12)14)16(19)13-6-3-8-17-13/h2-3,5-7,13,17H,4,8-11H2,1H3/t13-/m0/s1. The second-order valence-electron chi connectivity index (χ2n) is 5.22. The van der Waals surface area contributed by atoms with Gasteiger partial charge in [0.15, 0.2) is 11.5 Å². The Kier molecular flexibility index (Phi) is 4.10. The number of para-hydroxylation sites is 1. The van der Waals surface area contributed by atoms with E-state index in [1.807, 2.05) is 35.3 Å². The van der Waals surface area contributed by atoms with Crippen LogP contribution in [0.3, 0.4) is 0 Å². The highest BCUT2D eigenvalue weighted by atomic mass is 16.5. The molecule has 3 rings (SSSR count). The van der Waals surface area contributed by atoms with E-state index in [9.17, 15) is 4.79 Å². The molecule has 0 radical (unpaired) electrons. The Morgan fingerprint density at radius 3 is 3.14 bits per heavy atom. The van der Waals surface area contributed by atoms with E-state index in [-0.39, 0.29) is 11.9 Å². The molecule has 112 valence electrons. The first-order valence-electron chi connectivity index (χ1n) is 7.27. The summed E-state index contributed by atoms with van der Waals surface area (Å²) in [4.78, 5) is 14.5. The summed E-state index contributed by atoms with van der Waals surface area (Å²) in [5.41, 5.74) is 0.990. The van der Waals surface area contributed by atoms with Crippen LogP contribution < -0.4 is 14.8 Å². The molecule has 0 aromatic heterocycles. The first kappa shape index (κ1) is 13.9. The zero-order valence-electron chi connectivity index (χ0n) is 12.2. The zero-order chi connectivity index (χ0) is 14.7. The molecule has 5 nitrogen and oxygen atoms in total. The first-order chi connectivity index (χ1) is 10.3. The Morgan fingerprint density at radius 1 is 1.48 bits per heavy atom. The Morgan fingerprint density at radius 2 is 2.38 bits per heavy atom. The van der Waals surface area contributed by atoms with Gasteiger partial charge in [-0.05, 0) is 12.5 Å². The smallest absolute Gasteiger partial charge is 0.243 e. The highest BCUT2D eigenvalue weighted by molar-refractivity contribution is 5.84. The number of nitrogens with one attached hydrogen (secondary N) is 1. The van der Waals surface area contributed by atoms with Crippen LogP contribution in [0.2, 0.25) is 0 Å². The molecule has 0 bridgehead atoms. The number of hydrogen-bond donors (Lipinski definition) is 1. The van der Waals surface area contributed by atoms with Crippen LogP contribution in [0, 0.1) is 0 Å². The highest BCUT2D eigenvalue weighted by Gasteiger charge is 2.26. The van der Waals surface area contributed by atoms with Crippen molar-refractivity contribution in [2.24, 2.45) is 0 Å². The lowest BCUT2D eigenvalue weighted by Crippen LogP contribution is -2.44. The summed E-state index contributed by atoms with van der Waals surface area (Å²) in [6.45, 7) is 2.61. The molecule has 1 amide bonds. The lowest BCUT2D eigenvalue weighted by atomic mass is 10.1. The average molecular weight is 288 g/mol. The maximum Gasteiger partial charge on any atom is 0.243 e. The van der Waals surface area contributed by atoms with Crippen molar-refractivity contribution in [2.45, 2.75) is 19.0 Å². The number of methoxy groups -OCH3 is 1. The molecule has 0 unspecified atom stereocenters. The predicted molar refractivity (Wildman–Crippen MR) is 79.5 cm³/mol. The number of fused-ring (bicyclic) bond motifs is 1. The number of hydrogen-bond acceptors (Lipinski definition) is 4. The van der Waals surface area contributed by atoms with Crippen LogP contribution in [0.15, 0.2) is 30.4 Å². The quantitative estimate of drug-likeness (QED) is 0.834. The normalized spacial score (nSPS) is 21.2. The summed E-state index contributed by atoms with van der Waals surface area (Å²) >= 11 is 0. The van der Waals surface area contributed by atoms with E-state index in [2.05, 4.69) is 5.32 Å². The fourth-order valence-corrected chi connectivity index (χ4v) is 2.75. The van der Waals surface area contributed by atoms with Gasteiger partial charge in [-0.25, -0.2) is 0 Å². The summed E-state index contributed by atoms with van der Waals surface area (Å²) in [6, 6.07) is 5.60. The van der Waals surface area contributed by atoms with Gasteiger partial charge in [0.1, 0.15) is 6.04 Å². The molecule has 0 fully saturated rings. The Balaban J connectivity index is 1.84. The molecule has 21 heavy (non-hydrogen) atoms. The first-order valence-corrected chi connectivity index (χ1v) is 7.27. The summed E-state index contributed by atoms with van der Waals surface area (Å²) in [5, 5.41) is 3.18. The van der Waals surface area contributed by atoms with Crippen LogP contribution in [-0.4, -0.2) is 43.7 Å². The van der Waals surface area contributed by atoms with E-state index >= 15 is 0 Å². The van der Waals surface area contributed by atoms with Crippen molar-refractivity contribution in [1.82, 2.24) is 10.2 Å². The number of carbonyl (C=O) groups is 1. The fourth-order valence-electron chi connectivity index (χ4n) is 2.75. The largest absolute Gasteiger partial charge is 0.493 e. The second kappa shape index (κ2) is 6.18. The fraction of sp³-hybridized carbons (Fsp3) is 0.438. The highest BCUT2D eigenvalue weighted by Crippen LogP contribution is 2.33. The van der Waals surface area contributed by atoms with Crippen molar-refractivity contribution in [2.75, 3.05) is 26.8 Å². The lowest BCUT2D eigenvalue weighted by Gasteiger charge is -2.29. The van der Waals surface area contributed by atoms with Crippen LogP contribution in [0.1, 0.15) is 12.0 Å².